The summed E-state index contributed by atoms with van der Waals surface area (Å²) in [5, 5.41) is 4.29. The van der Waals surface area contributed by atoms with Crippen molar-refractivity contribution in [3.8, 4) is 0 Å². The first-order valence-electron chi connectivity index (χ1n) is 6.55. The molecule has 5 nitrogen and oxygen atoms in total. The number of hydrogen-bond acceptors (Lipinski definition) is 3. The highest BCUT2D eigenvalue weighted by Crippen LogP contribution is 2.13. The van der Waals surface area contributed by atoms with Crippen LogP contribution in [0.25, 0.3) is 0 Å². The molecule has 21 heavy (non-hydrogen) atoms. The predicted molar refractivity (Wildman–Crippen MR) is 78.0 cm³/mol. The number of benzene rings is 1. The Morgan fingerprint density at radius 2 is 1.86 bits per heavy atom. The topological polar surface area (TPSA) is 64.0 Å². The summed E-state index contributed by atoms with van der Waals surface area (Å²) in [5.74, 6) is -0.462. The largest absolute Gasteiger partial charge is 0.272 e. The zero-order valence-corrected chi connectivity index (χ0v) is 13.0. The summed E-state index contributed by atoms with van der Waals surface area (Å²) in [6.45, 7) is 4.12. The fourth-order valence-electron chi connectivity index (χ4n) is 2.19. The van der Waals surface area contributed by atoms with Crippen LogP contribution in [-0.2, 0) is 23.5 Å². The fourth-order valence-corrected chi connectivity index (χ4v) is 3.22. The Balaban J connectivity index is 2.04. The highest BCUT2D eigenvalue weighted by molar-refractivity contribution is 7.89. The van der Waals surface area contributed by atoms with Gasteiger partial charge in [0.05, 0.1) is 10.6 Å². The first-order valence-corrected chi connectivity index (χ1v) is 8.04. The molecular weight excluding hydrogens is 293 g/mol. The van der Waals surface area contributed by atoms with Crippen molar-refractivity contribution in [3.63, 3.8) is 0 Å². The maximum Gasteiger partial charge on any atom is 0.240 e. The number of aryl methyl sites for hydroxylation is 2. The van der Waals surface area contributed by atoms with E-state index in [0.717, 1.165) is 29.1 Å². The molecule has 0 saturated carbocycles. The fraction of sp³-hybridized carbons (Fsp3) is 0.357. The van der Waals surface area contributed by atoms with Gasteiger partial charge in [-0.1, -0.05) is 0 Å². The van der Waals surface area contributed by atoms with Crippen LogP contribution in [0, 0.1) is 19.7 Å². The SMILES string of the molecule is Cc1nn(C)c(C)c1CCNS(=O)(=O)c1ccc(F)cc1. The Kier molecular flexibility index (Phi) is 4.43. The van der Waals surface area contributed by atoms with E-state index in [9.17, 15) is 12.8 Å². The van der Waals surface area contributed by atoms with Crippen LogP contribution < -0.4 is 4.72 Å². The molecule has 0 radical (unpaired) electrons. The van der Waals surface area contributed by atoms with Gasteiger partial charge in [0.15, 0.2) is 0 Å². The maximum absolute atomic E-state index is 12.8. The van der Waals surface area contributed by atoms with Crippen LogP contribution in [0.15, 0.2) is 29.2 Å². The average Bonchev–Trinajstić information content (AvgIpc) is 2.65. The molecule has 1 aromatic heterocycles. The lowest BCUT2D eigenvalue weighted by atomic mass is 10.1. The van der Waals surface area contributed by atoms with E-state index in [2.05, 4.69) is 9.82 Å². The third-order valence-electron chi connectivity index (χ3n) is 3.45. The van der Waals surface area contributed by atoms with E-state index < -0.39 is 15.8 Å². The van der Waals surface area contributed by atoms with Crippen molar-refractivity contribution in [2.45, 2.75) is 25.2 Å². The van der Waals surface area contributed by atoms with Crippen molar-refractivity contribution >= 4 is 10.0 Å². The number of nitrogens with zero attached hydrogens (tertiary/aromatic N) is 2. The quantitative estimate of drug-likeness (QED) is 0.914. The average molecular weight is 311 g/mol. The van der Waals surface area contributed by atoms with E-state index in [1.54, 1.807) is 4.68 Å². The molecule has 2 aromatic rings. The van der Waals surface area contributed by atoms with Gasteiger partial charge >= 0.3 is 0 Å². The second-order valence-corrected chi connectivity index (χ2v) is 6.64. The highest BCUT2D eigenvalue weighted by Gasteiger charge is 2.15. The molecule has 0 atom stereocenters. The van der Waals surface area contributed by atoms with Crippen molar-refractivity contribution in [1.29, 1.82) is 0 Å². The van der Waals surface area contributed by atoms with Crippen LogP contribution in [0.3, 0.4) is 0 Å². The molecule has 0 unspecified atom stereocenters. The van der Waals surface area contributed by atoms with Gasteiger partial charge in [-0.2, -0.15) is 5.10 Å². The molecule has 0 amide bonds. The zero-order valence-electron chi connectivity index (χ0n) is 12.2. The zero-order chi connectivity index (χ0) is 15.6. The van der Waals surface area contributed by atoms with Crippen molar-refractivity contribution in [3.05, 3.63) is 47.0 Å². The minimum atomic E-state index is -3.61. The van der Waals surface area contributed by atoms with Gasteiger partial charge in [0, 0.05) is 19.3 Å². The van der Waals surface area contributed by atoms with Gasteiger partial charge in [-0.05, 0) is 50.1 Å². The molecule has 0 aliphatic carbocycles. The lowest BCUT2D eigenvalue weighted by molar-refractivity contribution is 0.580. The van der Waals surface area contributed by atoms with Crippen molar-refractivity contribution in [1.82, 2.24) is 14.5 Å². The van der Waals surface area contributed by atoms with Crippen LogP contribution in [0.4, 0.5) is 4.39 Å². The Morgan fingerprint density at radius 3 is 2.38 bits per heavy atom. The monoisotopic (exact) mass is 311 g/mol. The summed E-state index contributed by atoms with van der Waals surface area (Å²) < 4.78 is 41.2. The van der Waals surface area contributed by atoms with Crippen molar-refractivity contribution in [2.75, 3.05) is 6.54 Å². The van der Waals surface area contributed by atoms with E-state index >= 15 is 0 Å². The lowest BCUT2D eigenvalue weighted by Crippen LogP contribution is -2.26. The second kappa shape index (κ2) is 5.95. The molecule has 0 saturated heterocycles. The van der Waals surface area contributed by atoms with E-state index in [-0.39, 0.29) is 11.4 Å². The lowest BCUT2D eigenvalue weighted by Gasteiger charge is -2.07. The predicted octanol–water partition coefficient (Wildman–Crippen LogP) is 1.70. The molecule has 2 rings (SSSR count). The Bertz CT molecular complexity index is 736. The van der Waals surface area contributed by atoms with E-state index in [0.29, 0.717) is 6.42 Å². The number of hydrogen-bond donors (Lipinski definition) is 1. The Labute approximate surface area is 123 Å². The molecule has 0 fully saturated rings. The van der Waals surface area contributed by atoms with Crippen LogP contribution in [-0.4, -0.2) is 24.7 Å². The van der Waals surface area contributed by atoms with Crippen LogP contribution >= 0.6 is 0 Å². The minimum Gasteiger partial charge on any atom is -0.272 e. The van der Waals surface area contributed by atoms with Gasteiger partial charge in [0.1, 0.15) is 5.82 Å². The van der Waals surface area contributed by atoms with Crippen LogP contribution in [0.5, 0.6) is 0 Å². The molecule has 114 valence electrons. The minimum absolute atomic E-state index is 0.0588. The maximum atomic E-state index is 12.8. The molecule has 1 aromatic carbocycles. The van der Waals surface area contributed by atoms with E-state index in [1.807, 2.05) is 20.9 Å². The van der Waals surface area contributed by atoms with E-state index in [4.69, 9.17) is 0 Å². The number of sulfonamides is 1. The third kappa shape index (κ3) is 3.48. The van der Waals surface area contributed by atoms with Crippen LogP contribution in [0.2, 0.25) is 0 Å². The number of aromatic nitrogens is 2. The smallest absolute Gasteiger partial charge is 0.240 e. The van der Waals surface area contributed by atoms with Gasteiger partial charge in [0.2, 0.25) is 10.0 Å². The number of rotatable bonds is 5. The summed E-state index contributed by atoms with van der Waals surface area (Å²) in [4.78, 5) is 0.0588. The first-order chi connectivity index (χ1) is 9.81. The first kappa shape index (κ1) is 15.7. The van der Waals surface area contributed by atoms with Gasteiger partial charge in [-0.25, -0.2) is 17.5 Å². The van der Waals surface area contributed by atoms with Crippen molar-refractivity contribution < 1.29 is 12.8 Å². The molecule has 0 aliphatic rings. The molecule has 0 bridgehead atoms. The van der Waals surface area contributed by atoms with Crippen molar-refractivity contribution in [2.24, 2.45) is 7.05 Å². The summed E-state index contributed by atoms with van der Waals surface area (Å²) in [6.07, 6.45) is 0.561. The molecule has 7 heteroatoms. The summed E-state index contributed by atoms with van der Waals surface area (Å²) in [6, 6.07) is 4.75. The standard InChI is InChI=1S/C14H18FN3O2S/c1-10-14(11(2)18(3)17-10)8-9-16-21(19,20)13-6-4-12(15)5-7-13/h4-7,16H,8-9H2,1-3H3. The van der Waals surface area contributed by atoms with Gasteiger partial charge in [0.25, 0.3) is 0 Å². The molecular formula is C14H18FN3O2S. The molecule has 1 heterocycles. The summed E-state index contributed by atoms with van der Waals surface area (Å²) in [7, 11) is -1.75. The second-order valence-electron chi connectivity index (χ2n) is 4.87. The summed E-state index contributed by atoms with van der Waals surface area (Å²) >= 11 is 0. The molecule has 0 spiro atoms. The number of halogens is 1. The summed E-state index contributed by atoms with van der Waals surface area (Å²) in [5.41, 5.74) is 2.96. The normalized spacial score (nSPS) is 11.8. The van der Waals surface area contributed by atoms with Gasteiger partial charge in [-0.3, -0.25) is 4.68 Å². The van der Waals surface area contributed by atoms with Gasteiger partial charge in [-0.15, -0.1) is 0 Å². The van der Waals surface area contributed by atoms with Gasteiger partial charge < -0.3 is 0 Å². The molecule has 1 N–H and O–H groups in total. The van der Waals surface area contributed by atoms with E-state index in [1.165, 1.54) is 12.1 Å². The Morgan fingerprint density at radius 1 is 1.24 bits per heavy atom. The molecule has 0 aliphatic heterocycles. The number of nitrogens with one attached hydrogen (secondary N) is 1. The highest BCUT2D eigenvalue weighted by atomic mass is 32.2. The Hall–Kier alpha value is -1.73. The van der Waals surface area contributed by atoms with Crippen LogP contribution in [0.1, 0.15) is 17.0 Å². The third-order valence-corrected chi connectivity index (χ3v) is 4.93.